The number of carbonyl (C=O) groups is 1. The molecule has 0 spiro atoms. The molecule has 0 N–H and O–H groups in total. The third-order valence-corrected chi connectivity index (χ3v) is 3.31. The van der Waals surface area contributed by atoms with Crippen molar-refractivity contribution >= 4 is 28.9 Å². The minimum absolute atomic E-state index is 0.112. The molecule has 0 radical (unpaired) electrons. The first-order valence-corrected chi connectivity index (χ1v) is 6.21. The maximum Gasteiger partial charge on any atom is 0.360 e. The summed E-state index contributed by atoms with van der Waals surface area (Å²) < 4.78 is 6.41. The number of thiazole rings is 1. The van der Waals surface area contributed by atoms with Crippen molar-refractivity contribution in [2.45, 2.75) is 13.8 Å². The number of ether oxygens (including phenoxy) is 1. The van der Waals surface area contributed by atoms with Crippen LogP contribution in [0.2, 0.25) is 5.15 Å². The lowest BCUT2D eigenvalue weighted by molar-refractivity contribution is 0.0520. The normalized spacial score (nSPS) is 10.5. The van der Waals surface area contributed by atoms with Gasteiger partial charge in [0.25, 0.3) is 0 Å². The van der Waals surface area contributed by atoms with Gasteiger partial charge in [0.1, 0.15) is 11.5 Å². The molecule has 0 bridgehead atoms. The summed E-state index contributed by atoms with van der Waals surface area (Å²) in [4.78, 5) is 19.7. The van der Waals surface area contributed by atoms with Crippen LogP contribution in [0.15, 0.2) is 11.7 Å². The van der Waals surface area contributed by atoms with Gasteiger partial charge in [-0.25, -0.2) is 14.8 Å². The maximum atomic E-state index is 11.5. The Balaban J connectivity index is 2.36. The molecule has 2 aromatic heterocycles. The number of hydrogen-bond donors (Lipinski definition) is 0. The summed E-state index contributed by atoms with van der Waals surface area (Å²) in [6.07, 6.45) is 1.47. The number of carbonyl (C=O) groups excluding carboxylic acids is 1. The standard InChI is InChI=1S/C10H10ClN3O2S/c1-3-16-9(15)7-8(11)14(5-12-7)10-13-6(2)4-17-10/h4-5H,3H2,1-2H3. The smallest absolute Gasteiger partial charge is 0.360 e. The van der Waals surface area contributed by atoms with Gasteiger partial charge in [-0.15, -0.1) is 11.3 Å². The summed E-state index contributed by atoms with van der Waals surface area (Å²) in [6.45, 7) is 3.91. The fraction of sp³-hybridized carbons (Fsp3) is 0.300. The van der Waals surface area contributed by atoms with E-state index in [1.807, 2.05) is 12.3 Å². The van der Waals surface area contributed by atoms with Gasteiger partial charge in [0.05, 0.1) is 12.3 Å². The van der Waals surface area contributed by atoms with Crippen molar-refractivity contribution in [3.05, 3.63) is 28.2 Å². The van der Waals surface area contributed by atoms with E-state index in [-0.39, 0.29) is 10.8 Å². The molecule has 0 aliphatic rings. The lowest BCUT2D eigenvalue weighted by atomic mass is 10.5. The van der Waals surface area contributed by atoms with Crippen molar-refractivity contribution in [1.82, 2.24) is 14.5 Å². The van der Waals surface area contributed by atoms with Gasteiger partial charge < -0.3 is 4.74 Å². The monoisotopic (exact) mass is 271 g/mol. The molecular weight excluding hydrogens is 262 g/mol. The summed E-state index contributed by atoms with van der Waals surface area (Å²) in [7, 11) is 0. The summed E-state index contributed by atoms with van der Waals surface area (Å²) in [5.74, 6) is -0.524. The maximum absolute atomic E-state index is 11.5. The highest BCUT2D eigenvalue weighted by molar-refractivity contribution is 7.12. The minimum atomic E-state index is -0.524. The van der Waals surface area contributed by atoms with E-state index in [4.69, 9.17) is 16.3 Å². The Morgan fingerprint density at radius 1 is 1.65 bits per heavy atom. The second-order valence-electron chi connectivity index (χ2n) is 3.25. The highest BCUT2D eigenvalue weighted by atomic mass is 35.5. The summed E-state index contributed by atoms with van der Waals surface area (Å²) >= 11 is 7.50. The van der Waals surface area contributed by atoms with E-state index in [9.17, 15) is 4.79 Å². The Morgan fingerprint density at radius 3 is 3.00 bits per heavy atom. The van der Waals surface area contributed by atoms with Crippen LogP contribution in [-0.2, 0) is 4.74 Å². The lowest BCUT2D eigenvalue weighted by Crippen LogP contribution is -2.06. The summed E-state index contributed by atoms with van der Waals surface area (Å²) in [5, 5.41) is 2.80. The zero-order chi connectivity index (χ0) is 12.4. The molecule has 0 saturated heterocycles. The number of imidazole rings is 1. The van der Waals surface area contributed by atoms with E-state index < -0.39 is 5.97 Å². The number of halogens is 1. The lowest BCUT2D eigenvalue weighted by Gasteiger charge is -2.00. The second-order valence-corrected chi connectivity index (χ2v) is 4.44. The predicted molar refractivity (Wildman–Crippen MR) is 64.9 cm³/mol. The molecule has 0 fully saturated rings. The van der Waals surface area contributed by atoms with Crippen molar-refractivity contribution in [1.29, 1.82) is 0 Å². The van der Waals surface area contributed by atoms with Gasteiger partial charge in [0, 0.05) is 5.38 Å². The first kappa shape index (κ1) is 12.1. The van der Waals surface area contributed by atoms with Crippen LogP contribution in [0, 0.1) is 6.92 Å². The van der Waals surface area contributed by atoms with Crippen LogP contribution >= 0.6 is 22.9 Å². The molecule has 0 aliphatic carbocycles. The van der Waals surface area contributed by atoms with E-state index >= 15 is 0 Å². The van der Waals surface area contributed by atoms with E-state index in [0.717, 1.165) is 5.69 Å². The van der Waals surface area contributed by atoms with E-state index in [0.29, 0.717) is 11.7 Å². The highest BCUT2D eigenvalue weighted by Gasteiger charge is 2.19. The second kappa shape index (κ2) is 4.85. The van der Waals surface area contributed by atoms with Crippen molar-refractivity contribution < 1.29 is 9.53 Å². The third kappa shape index (κ3) is 2.32. The van der Waals surface area contributed by atoms with Crippen LogP contribution in [0.3, 0.4) is 0 Å². The van der Waals surface area contributed by atoms with E-state index in [1.165, 1.54) is 17.7 Å². The van der Waals surface area contributed by atoms with Crippen molar-refractivity contribution in [2.24, 2.45) is 0 Å². The van der Waals surface area contributed by atoms with Crippen molar-refractivity contribution in [3.8, 4) is 5.13 Å². The average molecular weight is 272 g/mol. The van der Waals surface area contributed by atoms with Crippen LogP contribution in [0.25, 0.3) is 5.13 Å². The van der Waals surface area contributed by atoms with Gasteiger partial charge in [-0.1, -0.05) is 11.6 Å². The Labute approximate surface area is 107 Å². The van der Waals surface area contributed by atoms with Gasteiger partial charge in [0.15, 0.2) is 10.8 Å². The number of nitrogens with zero attached hydrogens (tertiary/aromatic N) is 3. The molecule has 7 heteroatoms. The number of aryl methyl sites for hydroxylation is 1. The van der Waals surface area contributed by atoms with Gasteiger partial charge in [0.2, 0.25) is 0 Å². The minimum Gasteiger partial charge on any atom is -0.461 e. The van der Waals surface area contributed by atoms with E-state index in [2.05, 4.69) is 9.97 Å². The van der Waals surface area contributed by atoms with Crippen LogP contribution in [0.5, 0.6) is 0 Å². The topological polar surface area (TPSA) is 57.0 Å². The van der Waals surface area contributed by atoms with Crippen LogP contribution in [0.4, 0.5) is 0 Å². The highest BCUT2D eigenvalue weighted by Crippen LogP contribution is 2.23. The fourth-order valence-corrected chi connectivity index (χ4v) is 2.33. The van der Waals surface area contributed by atoms with Gasteiger partial charge >= 0.3 is 5.97 Å². The fourth-order valence-electron chi connectivity index (χ4n) is 1.26. The molecule has 0 aromatic carbocycles. The largest absolute Gasteiger partial charge is 0.461 e. The quantitative estimate of drug-likeness (QED) is 0.805. The molecule has 17 heavy (non-hydrogen) atoms. The first-order chi connectivity index (χ1) is 8.13. The Hall–Kier alpha value is -1.40. The molecule has 0 unspecified atom stereocenters. The summed E-state index contributed by atoms with van der Waals surface area (Å²) in [5.41, 5.74) is 1.01. The predicted octanol–water partition coefficient (Wildman–Crippen LogP) is 2.47. The molecule has 0 atom stereocenters. The first-order valence-electron chi connectivity index (χ1n) is 4.96. The molecular formula is C10H10ClN3O2S. The molecule has 90 valence electrons. The third-order valence-electron chi connectivity index (χ3n) is 1.99. The molecule has 0 saturated carbocycles. The van der Waals surface area contributed by atoms with Crippen LogP contribution in [-0.4, -0.2) is 27.1 Å². The van der Waals surface area contributed by atoms with Crippen LogP contribution < -0.4 is 0 Å². The molecule has 2 heterocycles. The number of hydrogen-bond acceptors (Lipinski definition) is 5. The molecule has 0 amide bonds. The SMILES string of the molecule is CCOC(=O)c1ncn(-c2nc(C)cs2)c1Cl. The zero-order valence-corrected chi connectivity index (χ0v) is 10.9. The number of aromatic nitrogens is 3. The molecule has 5 nitrogen and oxygen atoms in total. The van der Waals surface area contributed by atoms with Gasteiger partial charge in [-0.2, -0.15) is 0 Å². The average Bonchev–Trinajstić information content (AvgIpc) is 2.85. The molecule has 2 rings (SSSR count). The van der Waals surface area contributed by atoms with Crippen LogP contribution in [0.1, 0.15) is 23.1 Å². The Bertz CT molecular complexity index is 549. The zero-order valence-electron chi connectivity index (χ0n) is 9.31. The number of rotatable bonds is 3. The van der Waals surface area contributed by atoms with Gasteiger partial charge in [-0.05, 0) is 13.8 Å². The molecule has 2 aromatic rings. The Kier molecular flexibility index (Phi) is 3.44. The number of esters is 1. The van der Waals surface area contributed by atoms with Gasteiger partial charge in [-0.3, -0.25) is 4.57 Å². The van der Waals surface area contributed by atoms with Crippen molar-refractivity contribution in [2.75, 3.05) is 6.61 Å². The van der Waals surface area contributed by atoms with E-state index in [1.54, 1.807) is 11.5 Å². The van der Waals surface area contributed by atoms with Crippen molar-refractivity contribution in [3.63, 3.8) is 0 Å². The molecule has 0 aliphatic heterocycles. The Morgan fingerprint density at radius 2 is 2.41 bits per heavy atom. The summed E-state index contributed by atoms with van der Waals surface area (Å²) in [6, 6.07) is 0.